The van der Waals surface area contributed by atoms with Gasteiger partial charge in [-0.3, -0.25) is 0 Å². The number of aryl methyl sites for hydroxylation is 1. The van der Waals surface area contributed by atoms with E-state index in [1.54, 1.807) is 6.07 Å². The van der Waals surface area contributed by atoms with Crippen molar-refractivity contribution in [1.29, 1.82) is 0 Å². The molecule has 26 heavy (non-hydrogen) atoms. The predicted molar refractivity (Wildman–Crippen MR) is 97.5 cm³/mol. The molecule has 0 fully saturated rings. The second-order valence-electron chi connectivity index (χ2n) is 6.28. The van der Waals surface area contributed by atoms with Crippen molar-refractivity contribution in [2.24, 2.45) is 0 Å². The van der Waals surface area contributed by atoms with Crippen LogP contribution in [0.4, 0.5) is 4.39 Å². The lowest BCUT2D eigenvalue weighted by Gasteiger charge is -2.13. The molecule has 0 aliphatic heterocycles. The first-order chi connectivity index (χ1) is 12.4. The average Bonchev–Trinajstić information content (AvgIpc) is 3.09. The zero-order valence-corrected chi connectivity index (χ0v) is 14.6. The minimum absolute atomic E-state index is 0.161. The highest BCUT2D eigenvalue weighted by Gasteiger charge is 2.14. The lowest BCUT2D eigenvalue weighted by atomic mass is 10.1. The van der Waals surface area contributed by atoms with Crippen LogP contribution in [-0.4, -0.2) is 11.1 Å². The van der Waals surface area contributed by atoms with Crippen LogP contribution in [-0.2, 0) is 6.54 Å². The van der Waals surface area contributed by atoms with Gasteiger partial charge in [0.2, 0.25) is 0 Å². The van der Waals surface area contributed by atoms with Crippen LogP contribution in [0, 0.1) is 12.7 Å². The fourth-order valence-electron chi connectivity index (χ4n) is 2.70. The fourth-order valence-corrected chi connectivity index (χ4v) is 2.70. The third-order valence-corrected chi connectivity index (χ3v) is 4.30. The van der Waals surface area contributed by atoms with Gasteiger partial charge < -0.3 is 14.8 Å². The largest absolute Gasteiger partial charge is 0.478 e. The summed E-state index contributed by atoms with van der Waals surface area (Å²) in [5.74, 6) is -0.834. The highest BCUT2D eigenvalue weighted by molar-refractivity contribution is 5.89. The van der Waals surface area contributed by atoms with Crippen LogP contribution in [0.2, 0.25) is 0 Å². The van der Waals surface area contributed by atoms with E-state index < -0.39 is 11.8 Å². The topological polar surface area (TPSA) is 62.5 Å². The first-order valence-corrected chi connectivity index (χ1v) is 8.36. The number of aromatic carboxylic acids is 1. The van der Waals surface area contributed by atoms with Gasteiger partial charge in [-0.1, -0.05) is 29.8 Å². The average molecular weight is 353 g/mol. The lowest BCUT2D eigenvalue weighted by Crippen LogP contribution is -2.17. The molecule has 1 atom stereocenters. The molecule has 0 aliphatic rings. The fraction of sp³-hybridized carbons (Fsp3) is 0.190. The van der Waals surface area contributed by atoms with Gasteiger partial charge in [0.15, 0.2) is 0 Å². The van der Waals surface area contributed by atoms with Crippen LogP contribution in [0.5, 0.6) is 0 Å². The van der Waals surface area contributed by atoms with E-state index in [-0.39, 0.29) is 11.6 Å². The van der Waals surface area contributed by atoms with Crippen molar-refractivity contribution in [2.45, 2.75) is 26.4 Å². The van der Waals surface area contributed by atoms with Crippen molar-refractivity contribution in [3.63, 3.8) is 0 Å². The van der Waals surface area contributed by atoms with E-state index in [0.717, 1.165) is 11.8 Å². The Morgan fingerprint density at radius 1 is 1.15 bits per heavy atom. The molecule has 3 aromatic rings. The minimum atomic E-state index is -1.30. The van der Waals surface area contributed by atoms with Crippen molar-refractivity contribution in [2.75, 3.05) is 0 Å². The summed E-state index contributed by atoms with van der Waals surface area (Å²) in [5, 5.41) is 12.4. The Morgan fingerprint density at radius 2 is 1.88 bits per heavy atom. The number of rotatable bonds is 6. The molecule has 0 radical (unpaired) electrons. The molecular weight excluding hydrogens is 333 g/mol. The molecule has 3 rings (SSSR count). The second kappa shape index (κ2) is 7.54. The van der Waals surface area contributed by atoms with Crippen LogP contribution in [0.25, 0.3) is 11.3 Å². The second-order valence-corrected chi connectivity index (χ2v) is 6.28. The number of benzene rings is 2. The third kappa shape index (κ3) is 4.00. The van der Waals surface area contributed by atoms with Crippen LogP contribution in [0.1, 0.15) is 40.2 Å². The maximum absolute atomic E-state index is 13.5. The molecule has 1 aromatic heterocycles. The summed E-state index contributed by atoms with van der Waals surface area (Å²) < 4.78 is 19.3. The van der Waals surface area contributed by atoms with E-state index in [1.165, 1.54) is 23.3 Å². The molecule has 134 valence electrons. The normalized spacial score (nSPS) is 12.1. The van der Waals surface area contributed by atoms with Crippen LogP contribution < -0.4 is 5.32 Å². The van der Waals surface area contributed by atoms with Crippen molar-refractivity contribution in [3.8, 4) is 11.3 Å². The number of hydrogen-bond donors (Lipinski definition) is 2. The molecular formula is C21H20FNO3. The highest BCUT2D eigenvalue weighted by atomic mass is 19.1. The first kappa shape index (κ1) is 17.9. The van der Waals surface area contributed by atoms with Crippen LogP contribution in [0.15, 0.2) is 59.0 Å². The Kier molecular flexibility index (Phi) is 5.19. The molecule has 2 N–H and O–H groups in total. The molecule has 4 nitrogen and oxygen atoms in total. The van der Waals surface area contributed by atoms with Crippen molar-refractivity contribution >= 4 is 5.97 Å². The quantitative estimate of drug-likeness (QED) is 0.659. The number of carboxylic acid groups (broad SMARTS) is 1. The van der Waals surface area contributed by atoms with Crippen molar-refractivity contribution in [1.82, 2.24) is 5.32 Å². The lowest BCUT2D eigenvalue weighted by molar-refractivity contribution is 0.0692. The Hall–Kier alpha value is -2.92. The van der Waals surface area contributed by atoms with E-state index in [9.17, 15) is 9.18 Å². The van der Waals surface area contributed by atoms with E-state index in [0.29, 0.717) is 17.9 Å². The van der Waals surface area contributed by atoms with E-state index in [1.807, 2.05) is 6.07 Å². The number of nitrogens with one attached hydrogen (secondary N) is 1. The summed E-state index contributed by atoms with van der Waals surface area (Å²) in [6.45, 7) is 4.66. The summed E-state index contributed by atoms with van der Waals surface area (Å²) in [4.78, 5) is 11.1. The molecule has 0 aliphatic carbocycles. The molecule has 2 aromatic carbocycles. The highest BCUT2D eigenvalue weighted by Crippen LogP contribution is 2.25. The predicted octanol–water partition coefficient (Wildman–Crippen LogP) is 4.94. The van der Waals surface area contributed by atoms with Crippen LogP contribution in [0.3, 0.4) is 0 Å². The number of carbonyl (C=O) groups is 1. The van der Waals surface area contributed by atoms with Crippen molar-refractivity contribution < 1.29 is 18.7 Å². The maximum atomic E-state index is 13.5. The van der Waals surface area contributed by atoms with Gasteiger partial charge in [0.05, 0.1) is 12.1 Å². The van der Waals surface area contributed by atoms with Crippen LogP contribution >= 0.6 is 0 Å². The van der Waals surface area contributed by atoms with Gasteiger partial charge in [0.1, 0.15) is 17.3 Å². The summed E-state index contributed by atoms with van der Waals surface area (Å²) in [7, 11) is 0. The number of furan rings is 1. The summed E-state index contributed by atoms with van der Waals surface area (Å²) in [5.41, 5.74) is 2.57. The molecule has 5 heteroatoms. The van der Waals surface area contributed by atoms with Crippen molar-refractivity contribution in [3.05, 3.63) is 82.9 Å². The zero-order valence-electron chi connectivity index (χ0n) is 14.6. The standard InChI is InChI=1S/C21H20FNO3/c1-13-3-5-15(6-4-13)14(2)23-12-17-8-10-20(26-17)16-7-9-19(22)18(11-16)21(24)25/h3-11,14,23H,12H2,1-2H3,(H,24,25). The van der Waals surface area contributed by atoms with E-state index in [4.69, 9.17) is 9.52 Å². The maximum Gasteiger partial charge on any atom is 0.338 e. The molecule has 0 spiro atoms. The third-order valence-electron chi connectivity index (χ3n) is 4.30. The molecule has 0 amide bonds. The van der Waals surface area contributed by atoms with Gasteiger partial charge in [-0.2, -0.15) is 0 Å². The van der Waals surface area contributed by atoms with Gasteiger partial charge in [0.25, 0.3) is 0 Å². The zero-order chi connectivity index (χ0) is 18.7. The molecule has 1 unspecified atom stereocenters. The van der Waals surface area contributed by atoms with Gasteiger partial charge in [-0.25, -0.2) is 9.18 Å². The summed E-state index contributed by atoms with van der Waals surface area (Å²) >= 11 is 0. The summed E-state index contributed by atoms with van der Waals surface area (Å²) in [6, 6.07) is 16.0. The number of halogens is 1. The molecule has 1 heterocycles. The molecule has 0 saturated heterocycles. The summed E-state index contributed by atoms with van der Waals surface area (Å²) in [6.07, 6.45) is 0. The monoisotopic (exact) mass is 353 g/mol. The SMILES string of the molecule is Cc1ccc(C(C)NCc2ccc(-c3ccc(F)c(C(=O)O)c3)o2)cc1. The van der Waals surface area contributed by atoms with Gasteiger partial charge in [-0.15, -0.1) is 0 Å². The smallest absolute Gasteiger partial charge is 0.338 e. The molecule has 0 bridgehead atoms. The van der Waals surface area contributed by atoms with E-state index in [2.05, 4.69) is 43.4 Å². The Bertz CT molecular complexity index is 915. The van der Waals surface area contributed by atoms with Gasteiger partial charge >= 0.3 is 5.97 Å². The molecule has 0 saturated carbocycles. The Morgan fingerprint density at radius 3 is 2.58 bits per heavy atom. The Balaban J connectivity index is 1.69. The van der Waals surface area contributed by atoms with Gasteiger partial charge in [0, 0.05) is 11.6 Å². The van der Waals surface area contributed by atoms with Gasteiger partial charge in [-0.05, 0) is 49.7 Å². The minimum Gasteiger partial charge on any atom is -0.478 e. The van der Waals surface area contributed by atoms with E-state index >= 15 is 0 Å². The number of hydrogen-bond acceptors (Lipinski definition) is 3. The number of carboxylic acids is 1. The Labute approximate surface area is 151 Å². The first-order valence-electron chi connectivity index (χ1n) is 8.36.